The van der Waals surface area contributed by atoms with Crippen LogP contribution in [-0.2, 0) is 6.42 Å². The Balaban J connectivity index is 2.03. The molecule has 2 aromatic heterocycles. The van der Waals surface area contributed by atoms with Crippen molar-refractivity contribution in [2.24, 2.45) is 0 Å². The number of anilines is 1. The van der Waals surface area contributed by atoms with Gasteiger partial charge in [0.25, 0.3) is 0 Å². The van der Waals surface area contributed by atoms with E-state index in [1.165, 1.54) is 30.6 Å². The molecule has 2 aromatic rings. The highest BCUT2D eigenvalue weighted by molar-refractivity contribution is 7.16. The topological polar surface area (TPSA) is 38.9 Å². The van der Waals surface area contributed by atoms with Crippen LogP contribution < -0.4 is 5.73 Å². The maximum Gasteiger partial charge on any atom is 0.0954 e. The Hall–Kier alpha value is -1.35. The lowest BCUT2D eigenvalue weighted by atomic mass is 10.1. The molecule has 0 amide bonds. The first-order valence-electron chi connectivity index (χ1n) is 6.61. The van der Waals surface area contributed by atoms with E-state index in [9.17, 15) is 0 Å². The second kappa shape index (κ2) is 6.55. The molecular weight excluding hydrogens is 240 g/mol. The molecule has 18 heavy (non-hydrogen) atoms. The summed E-state index contributed by atoms with van der Waals surface area (Å²) >= 11 is 1.71. The molecule has 0 atom stereocenters. The van der Waals surface area contributed by atoms with Crippen molar-refractivity contribution in [3.05, 3.63) is 35.3 Å². The molecule has 0 unspecified atom stereocenters. The number of thiophene rings is 1. The molecule has 0 radical (unpaired) electrons. The van der Waals surface area contributed by atoms with Crippen molar-refractivity contribution >= 4 is 16.3 Å². The van der Waals surface area contributed by atoms with E-state index < -0.39 is 0 Å². The Morgan fingerprint density at radius 1 is 1.22 bits per heavy atom. The van der Waals surface area contributed by atoms with Gasteiger partial charge >= 0.3 is 0 Å². The zero-order valence-electron chi connectivity index (χ0n) is 10.9. The zero-order valence-corrected chi connectivity index (χ0v) is 11.7. The Labute approximate surface area is 113 Å². The summed E-state index contributed by atoms with van der Waals surface area (Å²) in [5.41, 5.74) is 8.15. The summed E-state index contributed by atoms with van der Waals surface area (Å²) in [6.45, 7) is 2.24. The Morgan fingerprint density at radius 2 is 2.11 bits per heavy atom. The van der Waals surface area contributed by atoms with Crippen LogP contribution >= 0.6 is 11.3 Å². The number of rotatable bonds is 6. The van der Waals surface area contributed by atoms with Crippen molar-refractivity contribution in [2.75, 3.05) is 5.73 Å². The van der Waals surface area contributed by atoms with E-state index in [-0.39, 0.29) is 0 Å². The molecule has 0 aromatic carbocycles. The van der Waals surface area contributed by atoms with Gasteiger partial charge in [-0.15, -0.1) is 11.3 Å². The van der Waals surface area contributed by atoms with Crippen molar-refractivity contribution in [3.63, 3.8) is 0 Å². The number of nitrogens with zero attached hydrogens (tertiary/aromatic N) is 1. The third-order valence-electron chi connectivity index (χ3n) is 3.03. The van der Waals surface area contributed by atoms with Gasteiger partial charge in [0.1, 0.15) is 0 Å². The second-order valence-electron chi connectivity index (χ2n) is 4.52. The monoisotopic (exact) mass is 260 g/mol. The molecule has 3 heteroatoms. The van der Waals surface area contributed by atoms with Gasteiger partial charge in [0.15, 0.2) is 0 Å². The summed E-state index contributed by atoms with van der Waals surface area (Å²) in [6, 6.07) is 8.14. The van der Waals surface area contributed by atoms with Crippen LogP contribution in [0.25, 0.3) is 11.3 Å². The highest BCUT2D eigenvalue weighted by Crippen LogP contribution is 2.33. The van der Waals surface area contributed by atoms with E-state index in [0.29, 0.717) is 0 Å². The summed E-state index contributed by atoms with van der Waals surface area (Å²) in [6.07, 6.45) is 8.14. The molecule has 0 saturated heterocycles. The minimum absolute atomic E-state index is 0.888. The quantitative estimate of drug-likeness (QED) is 0.776. The van der Waals surface area contributed by atoms with Crippen molar-refractivity contribution in [2.45, 2.75) is 39.0 Å². The van der Waals surface area contributed by atoms with Gasteiger partial charge in [-0.25, -0.2) is 0 Å². The van der Waals surface area contributed by atoms with E-state index in [0.717, 1.165) is 22.7 Å². The molecule has 0 bridgehead atoms. The van der Waals surface area contributed by atoms with E-state index >= 15 is 0 Å². The lowest BCUT2D eigenvalue weighted by Gasteiger charge is -1.97. The molecule has 2 rings (SSSR count). The maximum absolute atomic E-state index is 6.08. The van der Waals surface area contributed by atoms with E-state index in [4.69, 9.17) is 5.73 Å². The first-order valence-corrected chi connectivity index (χ1v) is 7.42. The molecule has 0 fully saturated rings. The first kappa shape index (κ1) is 13.1. The fourth-order valence-electron chi connectivity index (χ4n) is 2.03. The third-order valence-corrected chi connectivity index (χ3v) is 4.05. The fourth-order valence-corrected chi connectivity index (χ4v) is 3.01. The average molecular weight is 260 g/mol. The van der Waals surface area contributed by atoms with Crippen LogP contribution in [-0.4, -0.2) is 4.98 Å². The van der Waals surface area contributed by atoms with Crippen LogP contribution in [0.4, 0.5) is 5.00 Å². The van der Waals surface area contributed by atoms with Crippen molar-refractivity contribution in [3.8, 4) is 11.3 Å². The number of hydrogen-bond acceptors (Lipinski definition) is 3. The van der Waals surface area contributed by atoms with Gasteiger partial charge in [-0.05, 0) is 31.0 Å². The lowest BCUT2D eigenvalue weighted by Crippen LogP contribution is -1.85. The molecule has 0 aliphatic carbocycles. The van der Waals surface area contributed by atoms with Gasteiger partial charge in [-0.3, -0.25) is 4.98 Å². The van der Waals surface area contributed by atoms with Gasteiger partial charge in [0.2, 0.25) is 0 Å². The molecule has 2 N–H and O–H groups in total. The summed E-state index contributed by atoms with van der Waals surface area (Å²) in [4.78, 5) is 5.74. The number of nitrogens with two attached hydrogens (primary N) is 1. The fraction of sp³-hybridized carbons (Fsp3) is 0.400. The molecule has 0 spiro atoms. The first-order chi connectivity index (χ1) is 8.81. The minimum Gasteiger partial charge on any atom is -0.390 e. The van der Waals surface area contributed by atoms with E-state index in [2.05, 4.69) is 18.0 Å². The largest absolute Gasteiger partial charge is 0.390 e. The van der Waals surface area contributed by atoms with Crippen LogP contribution in [0, 0.1) is 0 Å². The molecule has 96 valence electrons. The summed E-state index contributed by atoms with van der Waals surface area (Å²) in [5, 5.41) is 0.888. The number of hydrogen-bond donors (Lipinski definition) is 1. The smallest absolute Gasteiger partial charge is 0.0954 e. The molecule has 2 heterocycles. The van der Waals surface area contributed by atoms with Crippen LogP contribution in [0.3, 0.4) is 0 Å². The van der Waals surface area contributed by atoms with Gasteiger partial charge < -0.3 is 5.73 Å². The predicted molar refractivity (Wildman–Crippen MR) is 79.8 cm³/mol. The normalized spacial score (nSPS) is 10.7. The summed E-state index contributed by atoms with van der Waals surface area (Å²) in [5.74, 6) is 0. The number of aryl methyl sites for hydroxylation is 1. The van der Waals surface area contributed by atoms with Gasteiger partial charge in [0.05, 0.1) is 10.7 Å². The predicted octanol–water partition coefficient (Wildman–Crippen LogP) is 4.52. The molecule has 0 aliphatic rings. The minimum atomic E-state index is 0.888. The van der Waals surface area contributed by atoms with Crippen LogP contribution in [0.1, 0.15) is 37.5 Å². The standard InChI is InChI=1S/C15H20N2S/c1-2-3-4-5-8-12-11-13(15(16)18-12)14-9-6-7-10-17-14/h6-7,9-11H,2-5,8,16H2,1H3. The lowest BCUT2D eigenvalue weighted by molar-refractivity contribution is 0.670. The SMILES string of the molecule is CCCCCCc1cc(-c2ccccn2)c(N)s1. The third kappa shape index (κ3) is 3.33. The van der Waals surface area contributed by atoms with Crippen molar-refractivity contribution in [1.82, 2.24) is 4.98 Å². The zero-order chi connectivity index (χ0) is 12.8. The Morgan fingerprint density at radius 3 is 2.83 bits per heavy atom. The second-order valence-corrected chi connectivity index (χ2v) is 5.68. The highest BCUT2D eigenvalue weighted by Gasteiger charge is 2.08. The number of aromatic nitrogens is 1. The van der Waals surface area contributed by atoms with Crippen LogP contribution in [0.15, 0.2) is 30.5 Å². The molecule has 0 aliphatic heterocycles. The maximum atomic E-state index is 6.08. The van der Waals surface area contributed by atoms with Gasteiger partial charge in [0, 0.05) is 16.6 Å². The van der Waals surface area contributed by atoms with Crippen molar-refractivity contribution in [1.29, 1.82) is 0 Å². The number of pyridine rings is 1. The van der Waals surface area contributed by atoms with Crippen molar-refractivity contribution < 1.29 is 0 Å². The molecule has 0 saturated carbocycles. The van der Waals surface area contributed by atoms with Gasteiger partial charge in [-0.2, -0.15) is 0 Å². The van der Waals surface area contributed by atoms with Gasteiger partial charge in [-0.1, -0.05) is 32.3 Å². The molecular formula is C15H20N2S. The summed E-state index contributed by atoms with van der Waals surface area (Å²) in [7, 11) is 0. The summed E-state index contributed by atoms with van der Waals surface area (Å²) < 4.78 is 0. The Kier molecular flexibility index (Phi) is 4.76. The average Bonchev–Trinajstić information content (AvgIpc) is 2.77. The Bertz CT molecular complexity index is 476. The van der Waals surface area contributed by atoms with E-state index in [1.54, 1.807) is 11.3 Å². The van der Waals surface area contributed by atoms with Crippen LogP contribution in [0.2, 0.25) is 0 Å². The molecule has 2 nitrogen and oxygen atoms in total. The highest BCUT2D eigenvalue weighted by atomic mass is 32.1. The van der Waals surface area contributed by atoms with E-state index in [1.807, 2.05) is 24.4 Å². The van der Waals surface area contributed by atoms with Crippen LogP contribution in [0.5, 0.6) is 0 Å². The number of unbranched alkanes of at least 4 members (excludes halogenated alkanes) is 3. The number of nitrogen functional groups attached to an aromatic ring is 1.